The second kappa shape index (κ2) is 4.33. The van der Waals surface area contributed by atoms with E-state index in [9.17, 15) is 0 Å². The molecule has 15 heavy (non-hydrogen) atoms. The smallest absolute Gasteiger partial charge is 0.136 e. The van der Waals surface area contributed by atoms with Gasteiger partial charge in [-0.05, 0) is 40.4 Å². The summed E-state index contributed by atoms with van der Waals surface area (Å²) < 4.78 is 2.75. The maximum absolute atomic E-state index is 8.84. The summed E-state index contributed by atoms with van der Waals surface area (Å²) in [6.45, 7) is 0.230. The molecule has 1 heterocycles. The van der Waals surface area contributed by atoms with Crippen LogP contribution in [0.25, 0.3) is 10.9 Å². The van der Waals surface area contributed by atoms with E-state index in [4.69, 9.17) is 5.11 Å². The van der Waals surface area contributed by atoms with Crippen molar-refractivity contribution in [2.75, 3.05) is 6.61 Å². The molecule has 0 bridgehead atoms. The van der Waals surface area contributed by atoms with Crippen molar-refractivity contribution in [3.05, 3.63) is 28.4 Å². The number of aromatic nitrogens is 2. The van der Waals surface area contributed by atoms with Gasteiger partial charge in [-0.3, -0.25) is 4.68 Å². The normalized spacial score (nSPS) is 11.1. The van der Waals surface area contributed by atoms with Gasteiger partial charge in [-0.15, -0.1) is 0 Å². The Morgan fingerprint density at radius 3 is 3.00 bits per heavy atom. The van der Waals surface area contributed by atoms with Crippen molar-refractivity contribution in [3.8, 4) is 0 Å². The summed E-state index contributed by atoms with van der Waals surface area (Å²) in [4.78, 5) is 0. The van der Waals surface area contributed by atoms with E-state index in [2.05, 4.69) is 33.2 Å². The molecule has 1 N–H and O–H groups in total. The van der Waals surface area contributed by atoms with Crippen molar-refractivity contribution in [3.63, 3.8) is 0 Å². The highest BCUT2D eigenvalue weighted by Gasteiger charge is 2.09. The van der Waals surface area contributed by atoms with Crippen LogP contribution in [0.2, 0.25) is 0 Å². The molecular formula is C11H13BrN2O. The van der Waals surface area contributed by atoms with Crippen molar-refractivity contribution in [1.82, 2.24) is 9.78 Å². The van der Waals surface area contributed by atoms with Crippen molar-refractivity contribution in [2.45, 2.75) is 12.8 Å². The van der Waals surface area contributed by atoms with E-state index >= 15 is 0 Å². The zero-order chi connectivity index (χ0) is 10.8. The zero-order valence-corrected chi connectivity index (χ0v) is 10.2. The van der Waals surface area contributed by atoms with Crippen molar-refractivity contribution >= 4 is 26.8 Å². The Labute approximate surface area is 96.8 Å². The number of halogens is 1. The molecule has 80 valence electrons. The minimum atomic E-state index is 0.230. The fraction of sp³-hybridized carbons (Fsp3) is 0.364. The fourth-order valence-corrected chi connectivity index (χ4v) is 2.50. The van der Waals surface area contributed by atoms with Crippen LogP contribution >= 0.6 is 15.9 Å². The summed E-state index contributed by atoms with van der Waals surface area (Å²) in [6.07, 6.45) is 1.68. The third-order valence-electron chi connectivity index (χ3n) is 2.53. The SMILES string of the molecule is Cn1nc(Br)c2c(CCCO)cccc21. The number of benzene rings is 1. The van der Waals surface area contributed by atoms with Crippen LogP contribution in [0.1, 0.15) is 12.0 Å². The molecule has 0 saturated carbocycles. The molecule has 0 unspecified atom stereocenters. The van der Waals surface area contributed by atoms with E-state index in [1.807, 2.05) is 17.8 Å². The van der Waals surface area contributed by atoms with E-state index in [0.29, 0.717) is 0 Å². The van der Waals surface area contributed by atoms with E-state index < -0.39 is 0 Å². The Hall–Kier alpha value is -0.870. The molecule has 0 aliphatic heterocycles. The predicted octanol–water partition coefficient (Wildman–Crippen LogP) is 2.26. The van der Waals surface area contributed by atoms with Crippen LogP contribution in [-0.4, -0.2) is 21.5 Å². The van der Waals surface area contributed by atoms with Gasteiger partial charge in [0.2, 0.25) is 0 Å². The predicted molar refractivity (Wildman–Crippen MR) is 63.8 cm³/mol. The van der Waals surface area contributed by atoms with Crippen LogP contribution in [0.15, 0.2) is 22.8 Å². The molecule has 0 spiro atoms. The minimum absolute atomic E-state index is 0.230. The molecule has 0 saturated heterocycles. The molecule has 1 aromatic carbocycles. The minimum Gasteiger partial charge on any atom is -0.396 e. The molecule has 2 rings (SSSR count). The van der Waals surface area contributed by atoms with Gasteiger partial charge in [-0.1, -0.05) is 12.1 Å². The number of aliphatic hydroxyl groups excluding tert-OH is 1. The van der Waals surface area contributed by atoms with Crippen LogP contribution in [-0.2, 0) is 13.5 Å². The number of hydrogen-bond donors (Lipinski definition) is 1. The summed E-state index contributed by atoms with van der Waals surface area (Å²) in [7, 11) is 1.93. The summed E-state index contributed by atoms with van der Waals surface area (Å²) in [6, 6.07) is 6.17. The lowest BCUT2D eigenvalue weighted by Gasteiger charge is -2.02. The molecule has 4 heteroatoms. The molecule has 0 radical (unpaired) electrons. The maximum atomic E-state index is 8.84. The summed E-state index contributed by atoms with van der Waals surface area (Å²) in [5.74, 6) is 0. The van der Waals surface area contributed by atoms with Gasteiger partial charge in [0.1, 0.15) is 4.60 Å². The molecule has 0 aliphatic rings. The Morgan fingerprint density at radius 2 is 2.27 bits per heavy atom. The Morgan fingerprint density at radius 1 is 1.47 bits per heavy atom. The third-order valence-corrected chi connectivity index (χ3v) is 3.08. The number of rotatable bonds is 3. The van der Waals surface area contributed by atoms with Gasteiger partial charge < -0.3 is 5.11 Å². The lowest BCUT2D eigenvalue weighted by atomic mass is 10.1. The highest BCUT2D eigenvalue weighted by Crippen LogP contribution is 2.27. The molecule has 0 aliphatic carbocycles. The van der Waals surface area contributed by atoms with E-state index in [1.165, 1.54) is 5.56 Å². The zero-order valence-electron chi connectivity index (χ0n) is 8.57. The second-order valence-corrected chi connectivity index (χ2v) is 4.30. The quantitative estimate of drug-likeness (QED) is 0.928. The molecule has 0 atom stereocenters. The van der Waals surface area contributed by atoms with Crippen molar-refractivity contribution in [1.29, 1.82) is 0 Å². The largest absolute Gasteiger partial charge is 0.396 e. The van der Waals surface area contributed by atoms with Gasteiger partial charge in [0.15, 0.2) is 0 Å². The standard InChI is InChI=1S/C11H13BrN2O/c1-14-9-6-2-4-8(5-3-7-15)10(9)11(12)13-14/h2,4,6,15H,3,5,7H2,1H3. The summed E-state index contributed by atoms with van der Waals surface area (Å²) >= 11 is 3.47. The monoisotopic (exact) mass is 268 g/mol. The number of nitrogens with zero attached hydrogens (tertiary/aromatic N) is 2. The molecule has 0 amide bonds. The summed E-state index contributed by atoms with van der Waals surface area (Å²) in [5, 5.41) is 14.3. The van der Waals surface area contributed by atoms with Crippen molar-refractivity contribution in [2.24, 2.45) is 7.05 Å². The van der Waals surface area contributed by atoms with Crippen LogP contribution < -0.4 is 0 Å². The molecule has 2 aromatic rings. The van der Waals surface area contributed by atoms with Gasteiger partial charge in [0.25, 0.3) is 0 Å². The average molecular weight is 269 g/mol. The Kier molecular flexibility index (Phi) is 3.07. The Balaban J connectivity index is 2.54. The van der Waals surface area contributed by atoms with E-state index in [0.717, 1.165) is 28.3 Å². The Bertz CT molecular complexity index is 479. The van der Waals surface area contributed by atoms with E-state index in [1.54, 1.807) is 0 Å². The second-order valence-electron chi connectivity index (χ2n) is 3.55. The summed E-state index contributed by atoms with van der Waals surface area (Å²) in [5.41, 5.74) is 2.36. The first-order valence-electron chi connectivity index (χ1n) is 4.95. The molecule has 0 fully saturated rings. The van der Waals surface area contributed by atoms with Crippen LogP contribution in [0.5, 0.6) is 0 Å². The number of aliphatic hydroxyl groups is 1. The van der Waals surface area contributed by atoms with Gasteiger partial charge >= 0.3 is 0 Å². The first-order valence-corrected chi connectivity index (χ1v) is 5.74. The van der Waals surface area contributed by atoms with Gasteiger partial charge in [-0.2, -0.15) is 5.10 Å². The first kappa shape index (κ1) is 10.6. The number of aryl methyl sites for hydroxylation is 2. The molecule has 3 nitrogen and oxygen atoms in total. The fourth-order valence-electron chi connectivity index (χ4n) is 1.81. The first-order chi connectivity index (χ1) is 7.24. The maximum Gasteiger partial charge on any atom is 0.136 e. The van der Waals surface area contributed by atoms with Crippen molar-refractivity contribution < 1.29 is 5.11 Å². The number of hydrogen-bond acceptors (Lipinski definition) is 2. The average Bonchev–Trinajstić information content (AvgIpc) is 2.53. The van der Waals surface area contributed by atoms with Crippen LogP contribution in [0.4, 0.5) is 0 Å². The third kappa shape index (κ3) is 1.92. The van der Waals surface area contributed by atoms with Crippen LogP contribution in [0, 0.1) is 0 Å². The van der Waals surface area contributed by atoms with Crippen LogP contribution in [0.3, 0.4) is 0 Å². The van der Waals surface area contributed by atoms with Gasteiger partial charge in [0.05, 0.1) is 5.52 Å². The topological polar surface area (TPSA) is 38.0 Å². The van der Waals surface area contributed by atoms with Gasteiger partial charge in [0, 0.05) is 19.0 Å². The van der Waals surface area contributed by atoms with E-state index in [-0.39, 0.29) is 6.61 Å². The highest BCUT2D eigenvalue weighted by molar-refractivity contribution is 9.10. The molecular weight excluding hydrogens is 256 g/mol. The highest BCUT2D eigenvalue weighted by atomic mass is 79.9. The lowest BCUT2D eigenvalue weighted by Crippen LogP contribution is -1.91. The molecule has 1 aromatic heterocycles. The number of fused-ring (bicyclic) bond motifs is 1. The van der Waals surface area contributed by atoms with Gasteiger partial charge in [-0.25, -0.2) is 0 Å². The lowest BCUT2D eigenvalue weighted by molar-refractivity contribution is 0.289.